The first-order chi connectivity index (χ1) is 23.1. The molecular formula is C36H40FN5O5Si. The van der Waals surface area contributed by atoms with E-state index >= 15 is 4.11 Å². The zero-order valence-electron chi connectivity index (χ0n) is 27.3. The highest BCUT2D eigenvalue weighted by molar-refractivity contribution is 6.72. The third-order valence-corrected chi connectivity index (χ3v) is 12.6. The van der Waals surface area contributed by atoms with Gasteiger partial charge in [0.25, 0.3) is 5.91 Å². The van der Waals surface area contributed by atoms with Crippen molar-refractivity contribution in [3.05, 3.63) is 107 Å². The van der Waals surface area contributed by atoms with Crippen LogP contribution in [0, 0.1) is 5.92 Å². The lowest BCUT2D eigenvalue weighted by Crippen LogP contribution is -2.45. The molecule has 250 valence electrons. The summed E-state index contributed by atoms with van der Waals surface area (Å²) in [5.74, 6) is -0.925. The van der Waals surface area contributed by atoms with E-state index in [1.165, 1.54) is 0 Å². The number of halogens is 1. The average molecular weight is 670 g/mol. The number of rotatable bonds is 10. The van der Waals surface area contributed by atoms with E-state index in [1.807, 2.05) is 92.0 Å². The third-order valence-electron chi connectivity index (χ3n) is 10.1. The van der Waals surface area contributed by atoms with E-state index in [2.05, 4.69) is 10.3 Å². The lowest BCUT2D eigenvalue weighted by Gasteiger charge is -2.31. The fraction of sp³-hybridized carbons (Fsp3) is 0.389. The van der Waals surface area contributed by atoms with E-state index in [4.69, 9.17) is 9.47 Å². The molecule has 1 spiro atoms. The number of aromatic nitrogens is 3. The van der Waals surface area contributed by atoms with Gasteiger partial charge in [-0.15, -0.1) is 5.10 Å². The van der Waals surface area contributed by atoms with Crippen LogP contribution in [0.4, 0.5) is 20.3 Å². The van der Waals surface area contributed by atoms with Crippen molar-refractivity contribution >= 4 is 31.8 Å². The topological polar surface area (TPSA) is 110 Å². The van der Waals surface area contributed by atoms with Crippen LogP contribution in [0.2, 0.25) is 18.6 Å². The SMILES string of the molecule is C[C@@H]1[C@@H]([Si](C)(C)F)[C@H](CCn2cc(C(CO)c3ccccc3)nn2)O[C@@]12C(=O)N(Cc1cccc(N3CCOC3=O)c1)c1ccccc12. The highest BCUT2D eigenvalue weighted by Gasteiger charge is 2.66. The number of fused-ring (bicyclic) bond motifs is 2. The van der Waals surface area contributed by atoms with E-state index in [0.717, 1.165) is 22.4 Å². The normalized spacial score (nSPS) is 24.4. The molecule has 1 unspecified atom stereocenters. The van der Waals surface area contributed by atoms with Crippen LogP contribution in [-0.2, 0) is 33.0 Å². The molecule has 3 aliphatic heterocycles. The number of amides is 2. The first-order valence-electron chi connectivity index (χ1n) is 16.5. The molecule has 2 amide bonds. The summed E-state index contributed by atoms with van der Waals surface area (Å²) >= 11 is 0. The fourth-order valence-corrected chi connectivity index (χ4v) is 10.5. The van der Waals surface area contributed by atoms with Gasteiger partial charge in [0, 0.05) is 35.5 Å². The monoisotopic (exact) mass is 669 g/mol. The van der Waals surface area contributed by atoms with Gasteiger partial charge >= 0.3 is 6.09 Å². The number of hydrogen-bond donors (Lipinski definition) is 1. The van der Waals surface area contributed by atoms with Crippen LogP contribution in [0.5, 0.6) is 0 Å². The maximum absolute atomic E-state index is 16.3. The first kappa shape index (κ1) is 32.2. The molecule has 48 heavy (non-hydrogen) atoms. The fourth-order valence-electron chi connectivity index (χ4n) is 7.96. The molecule has 0 bridgehead atoms. The average Bonchev–Trinajstić information content (AvgIpc) is 3.84. The van der Waals surface area contributed by atoms with Gasteiger partial charge in [-0.3, -0.25) is 14.4 Å². The summed E-state index contributed by atoms with van der Waals surface area (Å²) < 4.78 is 30.0. The zero-order chi connectivity index (χ0) is 33.6. The van der Waals surface area contributed by atoms with Crippen LogP contribution in [0.3, 0.4) is 0 Å². The number of anilines is 2. The zero-order valence-corrected chi connectivity index (χ0v) is 28.3. The number of hydrogen-bond acceptors (Lipinski definition) is 7. The quantitative estimate of drug-likeness (QED) is 0.169. The molecule has 0 radical (unpaired) electrons. The molecule has 7 rings (SSSR count). The maximum Gasteiger partial charge on any atom is 0.414 e. The van der Waals surface area contributed by atoms with Crippen molar-refractivity contribution in [2.75, 3.05) is 29.6 Å². The van der Waals surface area contributed by atoms with Crippen LogP contribution < -0.4 is 9.80 Å². The van der Waals surface area contributed by atoms with Gasteiger partial charge in [0.15, 0.2) is 5.60 Å². The molecule has 4 aromatic rings. The molecule has 1 N–H and O–H groups in total. The van der Waals surface area contributed by atoms with E-state index in [1.54, 1.807) is 27.6 Å². The molecule has 10 nitrogen and oxygen atoms in total. The highest BCUT2D eigenvalue weighted by Crippen LogP contribution is 2.60. The van der Waals surface area contributed by atoms with Gasteiger partial charge < -0.3 is 23.6 Å². The molecule has 3 aromatic carbocycles. The van der Waals surface area contributed by atoms with Gasteiger partial charge in [0.1, 0.15) is 6.61 Å². The highest BCUT2D eigenvalue weighted by atomic mass is 28.4. The van der Waals surface area contributed by atoms with Crippen LogP contribution in [0.25, 0.3) is 0 Å². The molecule has 4 heterocycles. The molecule has 1 aromatic heterocycles. The molecule has 3 aliphatic rings. The van der Waals surface area contributed by atoms with Gasteiger partial charge in [0.2, 0.25) is 8.41 Å². The summed E-state index contributed by atoms with van der Waals surface area (Å²) in [5.41, 5.74) is 2.88. The number of aliphatic hydroxyl groups is 1. The Morgan fingerprint density at radius 3 is 2.56 bits per heavy atom. The predicted octanol–water partition coefficient (Wildman–Crippen LogP) is 5.77. The van der Waals surface area contributed by atoms with Crippen molar-refractivity contribution in [3.63, 3.8) is 0 Å². The lowest BCUT2D eigenvalue weighted by molar-refractivity contribution is -0.146. The Bertz CT molecular complexity index is 1820. The summed E-state index contributed by atoms with van der Waals surface area (Å²) in [6.45, 7) is 6.73. The second-order valence-electron chi connectivity index (χ2n) is 13.5. The third kappa shape index (κ3) is 5.51. The van der Waals surface area contributed by atoms with Crippen LogP contribution >= 0.6 is 0 Å². The van der Waals surface area contributed by atoms with Crippen LogP contribution in [0.1, 0.15) is 41.6 Å². The summed E-state index contributed by atoms with van der Waals surface area (Å²) in [4.78, 5) is 30.2. The molecule has 5 atom stereocenters. The Hall–Kier alpha value is -4.39. The van der Waals surface area contributed by atoms with Crippen LogP contribution in [-0.4, -0.2) is 66.4 Å². The predicted molar refractivity (Wildman–Crippen MR) is 181 cm³/mol. The lowest BCUT2D eigenvalue weighted by atomic mass is 9.82. The van der Waals surface area contributed by atoms with Crippen LogP contribution in [0.15, 0.2) is 85.1 Å². The minimum atomic E-state index is -3.34. The van der Waals surface area contributed by atoms with Crippen molar-refractivity contribution in [2.24, 2.45) is 5.92 Å². The number of carbonyl (C=O) groups excluding carboxylic acids is 2. The smallest absolute Gasteiger partial charge is 0.414 e. The maximum atomic E-state index is 16.3. The molecule has 0 saturated carbocycles. The Labute approximate surface area is 280 Å². The number of aliphatic hydroxyl groups excluding tert-OH is 1. The molecular weight excluding hydrogens is 630 g/mol. The largest absolute Gasteiger partial charge is 0.447 e. The van der Waals surface area contributed by atoms with E-state index in [0.29, 0.717) is 37.5 Å². The summed E-state index contributed by atoms with van der Waals surface area (Å²) in [6, 6.07) is 24.9. The minimum Gasteiger partial charge on any atom is -0.447 e. The summed E-state index contributed by atoms with van der Waals surface area (Å²) in [7, 11) is -3.34. The van der Waals surface area contributed by atoms with Crippen molar-refractivity contribution in [2.45, 2.75) is 62.7 Å². The number of ether oxygens (including phenoxy) is 2. The molecule has 2 saturated heterocycles. The van der Waals surface area contributed by atoms with E-state index < -0.39 is 31.6 Å². The van der Waals surface area contributed by atoms with Crippen molar-refractivity contribution in [1.29, 1.82) is 0 Å². The number of nitrogens with zero attached hydrogens (tertiary/aromatic N) is 5. The van der Waals surface area contributed by atoms with Crippen molar-refractivity contribution in [1.82, 2.24) is 15.0 Å². The molecule has 2 fully saturated rings. The second-order valence-corrected chi connectivity index (χ2v) is 17.3. The minimum absolute atomic E-state index is 0.106. The summed E-state index contributed by atoms with van der Waals surface area (Å²) in [5, 5.41) is 18.8. The number of cyclic esters (lactones) is 1. The van der Waals surface area contributed by atoms with Gasteiger partial charge in [-0.1, -0.05) is 72.8 Å². The Kier molecular flexibility index (Phi) is 8.42. The first-order valence-corrected chi connectivity index (χ1v) is 19.4. The van der Waals surface area contributed by atoms with Gasteiger partial charge in [0.05, 0.1) is 43.1 Å². The van der Waals surface area contributed by atoms with Crippen molar-refractivity contribution in [3.8, 4) is 0 Å². The second kappa shape index (κ2) is 12.6. The number of carbonyl (C=O) groups is 2. The Balaban J connectivity index is 1.15. The van der Waals surface area contributed by atoms with Crippen molar-refractivity contribution < 1.29 is 28.3 Å². The number of benzene rings is 3. The van der Waals surface area contributed by atoms with Gasteiger partial charge in [-0.05, 0) is 48.8 Å². The number of para-hydroxylation sites is 1. The molecule has 0 aliphatic carbocycles. The molecule has 12 heteroatoms. The van der Waals surface area contributed by atoms with Gasteiger partial charge in [-0.2, -0.15) is 0 Å². The van der Waals surface area contributed by atoms with Gasteiger partial charge in [-0.25, -0.2) is 4.79 Å². The summed E-state index contributed by atoms with van der Waals surface area (Å²) in [6.07, 6.45) is 1.35. The Morgan fingerprint density at radius 1 is 1.06 bits per heavy atom. The van der Waals surface area contributed by atoms with E-state index in [-0.39, 0.29) is 31.1 Å². The van der Waals surface area contributed by atoms with E-state index in [9.17, 15) is 14.7 Å². The Morgan fingerprint density at radius 2 is 1.83 bits per heavy atom. The number of aryl methyl sites for hydroxylation is 1. The standard InChI is InChI=1S/C36H40FN5O5Si/c1-24-33(48(2,3)37)32(16-17-40-22-30(38-39-40)28(23-43)26-11-5-4-6-12-26)47-36(24)29-14-7-8-15-31(29)42(34(36)44)21-25-10-9-13-27(20-25)41-18-19-46-35(41)45/h4-15,20,22,24,28,32-33,43H,16-19,21,23H2,1-3H3/t24-,28?,32+,33-,36+/m1/s1.